The predicted molar refractivity (Wildman–Crippen MR) is 143 cm³/mol. The number of carboxylic acids is 1. The van der Waals surface area contributed by atoms with Gasteiger partial charge in [-0.05, 0) is 41.3 Å². The molecule has 4 atom stereocenters. The molecule has 4 rings (SSSR count). The summed E-state index contributed by atoms with van der Waals surface area (Å²) in [5.74, 6) is -1.23. The summed E-state index contributed by atoms with van der Waals surface area (Å²) in [7, 11) is 0. The maximum Gasteiger partial charge on any atom is 0.407 e. The summed E-state index contributed by atoms with van der Waals surface area (Å²) in [5.41, 5.74) is 0.275. The Kier molecular flexibility index (Phi) is 7.72. The Morgan fingerprint density at radius 2 is 2.03 bits per heavy atom. The molecule has 0 spiro atoms. The first kappa shape index (κ1) is 26.2. The first-order valence-corrected chi connectivity index (χ1v) is 13.1. The Labute approximate surface area is 223 Å². The molecule has 0 saturated carbocycles. The number of aromatic nitrogens is 1. The fourth-order valence-corrected chi connectivity index (χ4v) is 5.54. The lowest BCUT2D eigenvalue weighted by Gasteiger charge is -2.36. The van der Waals surface area contributed by atoms with Gasteiger partial charge in [0.25, 0.3) is 0 Å². The fourth-order valence-electron chi connectivity index (χ4n) is 4.44. The minimum atomic E-state index is -1.13. The number of carbonyl (C=O) groups is 3. The van der Waals surface area contributed by atoms with Gasteiger partial charge in [-0.25, -0.2) is 14.6 Å². The van der Waals surface area contributed by atoms with Gasteiger partial charge < -0.3 is 24.8 Å². The van der Waals surface area contributed by atoms with E-state index in [4.69, 9.17) is 9.47 Å². The maximum atomic E-state index is 13.8. The van der Waals surface area contributed by atoms with Crippen LogP contribution in [0.15, 0.2) is 36.5 Å². The zero-order chi connectivity index (χ0) is 26.0. The molecule has 2 N–H and O–H groups in total. The van der Waals surface area contributed by atoms with Crippen molar-refractivity contribution in [2.45, 2.75) is 62.3 Å². The van der Waals surface area contributed by atoms with Crippen LogP contribution in [0.1, 0.15) is 45.6 Å². The molecular formula is C26H30IN3O6. The summed E-state index contributed by atoms with van der Waals surface area (Å²) in [6.07, 6.45) is 5.75. The van der Waals surface area contributed by atoms with Gasteiger partial charge >= 0.3 is 12.1 Å². The lowest BCUT2D eigenvalue weighted by molar-refractivity contribution is -0.150. The van der Waals surface area contributed by atoms with Crippen molar-refractivity contribution in [3.8, 4) is 5.88 Å². The van der Waals surface area contributed by atoms with Crippen molar-refractivity contribution in [1.82, 2.24) is 15.2 Å². The summed E-state index contributed by atoms with van der Waals surface area (Å²) in [6, 6.07) is 5.75. The quantitative estimate of drug-likeness (QED) is 0.281. The van der Waals surface area contributed by atoms with Crippen LogP contribution in [0.4, 0.5) is 4.79 Å². The number of benzene rings is 1. The van der Waals surface area contributed by atoms with E-state index in [0.29, 0.717) is 18.7 Å². The predicted octanol–water partition coefficient (Wildman–Crippen LogP) is 4.38. The van der Waals surface area contributed by atoms with Crippen molar-refractivity contribution in [3.05, 3.63) is 42.1 Å². The number of nitrogens with one attached hydrogen (secondary N) is 1. The van der Waals surface area contributed by atoms with E-state index in [0.717, 1.165) is 16.3 Å². The number of fused-ring (bicyclic) bond motifs is 3. The number of carbonyl (C=O) groups excluding carboxylic acids is 2. The Hall–Kier alpha value is -2.89. The van der Waals surface area contributed by atoms with Gasteiger partial charge in [-0.3, -0.25) is 4.79 Å². The molecule has 1 saturated heterocycles. The van der Waals surface area contributed by atoms with Gasteiger partial charge in [-0.1, -0.05) is 67.6 Å². The second-order valence-corrected chi connectivity index (χ2v) is 11.4. The van der Waals surface area contributed by atoms with E-state index < -0.39 is 45.6 Å². The molecule has 0 unspecified atom stereocenters. The van der Waals surface area contributed by atoms with Gasteiger partial charge in [0.05, 0.1) is 6.61 Å². The molecule has 3 heterocycles. The number of cyclic esters (lactones) is 1. The van der Waals surface area contributed by atoms with Crippen molar-refractivity contribution in [1.29, 1.82) is 0 Å². The highest BCUT2D eigenvalue weighted by atomic mass is 127. The number of alkyl carbamates (subject to hydrolysis) is 1. The number of alkyl halides is 1. The molecule has 2 aliphatic heterocycles. The Bertz CT molecular complexity index is 1190. The summed E-state index contributed by atoms with van der Waals surface area (Å²) < 4.78 is 11.0. The van der Waals surface area contributed by atoms with E-state index in [1.54, 1.807) is 6.20 Å². The van der Waals surface area contributed by atoms with E-state index in [1.807, 2.05) is 79.8 Å². The standard InChI is InChI=1S/C26H30IN3O6/c1-26(2,3)20-23(31)30-18(24(32)33)14-19(21(30)27)36-22-17-13-15(8-9-16(17)10-11-28-22)7-5-4-6-12-35-25(34)29-20/h5,7-11,13,18-21H,4,6,12,14H2,1-3H3,(H,29,34)(H,32,33)/t18-,19-,20+,21-/m0/s1. The minimum Gasteiger partial charge on any atom is -0.480 e. The summed E-state index contributed by atoms with van der Waals surface area (Å²) in [4.78, 5) is 44.2. The summed E-state index contributed by atoms with van der Waals surface area (Å²) >= 11 is 2.05. The second-order valence-electron chi connectivity index (χ2n) is 10.1. The topological polar surface area (TPSA) is 118 Å². The molecule has 2 amide bonds. The number of nitrogens with zero attached hydrogens (tertiary/aromatic N) is 2. The van der Waals surface area contributed by atoms with E-state index in [2.05, 4.69) is 10.3 Å². The first-order chi connectivity index (χ1) is 17.1. The smallest absolute Gasteiger partial charge is 0.407 e. The number of halogens is 1. The third kappa shape index (κ3) is 5.58. The Morgan fingerprint density at radius 3 is 2.75 bits per heavy atom. The average Bonchev–Trinajstić information content (AvgIpc) is 3.14. The second kappa shape index (κ2) is 10.6. The molecule has 0 radical (unpaired) electrons. The SMILES string of the molecule is CC(C)(C)[C@@H]1NC(=O)OCCCC=Cc2ccc3ccnc(c3c2)O[C@H]2C[C@@H](C(=O)O)N(C1=O)[C@@H]2I. The maximum absolute atomic E-state index is 13.8. The largest absolute Gasteiger partial charge is 0.480 e. The van der Waals surface area contributed by atoms with Crippen LogP contribution in [0.2, 0.25) is 0 Å². The molecule has 10 heteroatoms. The number of pyridine rings is 1. The van der Waals surface area contributed by atoms with E-state index in [-0.39, 0.29) is 13.0 Å². The van der Waals surface area contributed by atoms with Gasteiger partial charge in [-0.15, -0.1) is 0 Å². The number of amides is 2. The summed E-state index contributed by atoms with van der Waals surface area (Å²) in [6.45, 7) is 5.63. The van der Waals surface area contributed by atoms with E-state index in [1.165, 1.54) is 4.90 Å². The molecule has 1 aromatic heterocycles. The van der Waals surface area contributed by atoms with E-state index in [9.17, 15) is 19.5 Å². The van der Waals surface area contributed by atoms with Crippen LogP contribution in [0, 0.1) is 5.41 Å². The number of hydrogen-bond donors (Lipinski definition) is 2. The lowest BCUT2D eigenvalue weighted by Crippen LogP contribution is -2.58. The normalized spacial score (nSPS) is 25.6. The number of hydrogen-bond acceptors (Lipinski definition) is 6. The van der Waals surface area contributed by atoms with Crippen molar-refractivity contribution in [2.24, 2.45) is 5.41 Å². The van der Waals surface area contributed by atoms with Crippen molar-refractivity contribution < 1.29 is 29.0 Å². The highest BCUT2D eigenvalue weighted by Gasteiger charge is 2.51. The van der Waals surface area contributed by atoms with Crippen LogP contribution in [0.5, 0.6) is 5.88 Å². The third-order valence-electron chi connectivity index (χ3n) is 6.35. The molecule has 1 fully saturated rings. The number of allylic oxidation sites excluding steroid dienone is 1. The van der Waals surface area contributed by atoms with Crippen LogP contribution in [0.3, 0.4) is 0 Å². The summed E-state index contributed by atoms with van der Waals surface area (Å²) in [5, 5.41) is 14.4. The van der Waals surface area contributed by atoms with E-state index >= 15 is 0 Å². The highest BCUT2D eigenvalue weighted by Crippen LogP contribution is 2.36. The molecule has 2 aromatic rings. The van der Waals surface area contributed by atoms with Gasteiger partial charge in [0.15, 0.2) is 0 Å². The zero-order valence-electron chi connectivity index (χ0n) is 20.4. The molecule has 36 heavy (non-hydrogen) atoms. The Balaban J connectivity index is 1.76. The molecule has 0 aliphatic carbocycles. The number of ether oxygens (including phenoxy) is 2. The van der Waals surface area contributed by atoms with Gasteiger partial charge in [0.2, 0.25) is 11.8 Å². The van der Waals surface area contributed by atoms with Crippen LogP contribution in [-0.2, 0) is 14.3 Å². The molecule has 192 valence electrons. The van der Waals surface area contributed by atoms with Crippen LogP contribution < -0.4 is 10.1 Å². The van der Waals surface area contributed by atoms with Crippen LogP contribution in [0.25, 0.3) is 16.8 Å². The van der Waals surface area contributed by atoms with Gasteiger partial charge in [0.1, 0.15) is 22.2 Å². The van der Waals surface area contributed by atoms with Crippen LogP contribution >= 0.6 is 22.6 Å². The van der Waals surface area contributed by atoms with Crippen molar-refractivity contribution in [2.75, 3.05) is 6.61 Å². The first-order valence-electron chi connectivity index (χ1n) is 11.9. The van der Waals surface area contributed by atoms with Gasteiger partial charge in [-0.2, -0.15) is 0 Å². The minimum absolute atomic E-state index is 0.0909. The molecule has 9 nitrogen and oxygen atoms in total. The number of carboxylic acid groups (broad SMARTS) is 1. The van der Waals surface area contributed by atoms with Crippen LogP contribution in [-0.4, -0.2) is 61.8 Å². The van der Waals surface area contributed by atoms with Crippen molar-refractivity contribution >= 4 is 57.4 Å². The Morgan fingerprint density at radius 1 is 1.25 bits per heavy atom. The molecule has 4 bridgehead atoms. The fraction of sp³-hybridized carbons (Fsp3) is 0.462. The molecular weight excluding hydrogens is 577 g/mol. The molecule has 2 aliphatic rings. The average molecular weight is 607 g/mol. The number of rotatable bonds is 1. The highest BCUT2D eigenvalue weighted by molar-refractivity contribution is 14.1. The van der Waals surface area contributed by atoms with Crippen molar-refractivity contribution in [3.63, 3.8) is 0 Å². The monoisotopic (exact) mass is 607 g/mol. The third-order valence-corrected chi connectivity index (χ3v) is 7.76. The lowest BCUT2D eigenvalue weighted by atomic mass is 9.85. The van der Waals surface area contributed by atoms with Gasteiger partial charge in [0, 0.05) is 18.0 Å². The zero-order valence-corrected chi connectivity index (χ0v) is 22.6. The number of aliphatic carboxylic acids is 1. The molecule has 1 aromatic carbocycles.